The topological polar surface area (TPSA) is 52.6 Å². The van der Waals surface area contributed by atoms with Crippen LogP contribution in [0.15, 0.2) is 24.3 Å². The molecular weight excluding hydrogens is 252 g/mol. The van der Waals surface area contributed by atoms with Gasteiger partial charge in [0.2, 0.25) is 5.91 Å². The van der Waals surface area contributed by atoms with Gasteiger partial charge in [-0.25, -0.2) is 0 Å². The monoisotopic (exact) mass is 270 g/mol. The molecule has 1 rings (SSSR count). The normalized spacial score (nSPS) is 12.0. The summed E-state index contributed by atoms with van der Waals surface area (Å²) in [6.45, 7) is 5.20. The lowest BCUT2D eigenvalue weighted by Gasteiger charge is -2.22. The van der Waals surface area contributed by atoms with Crippen molar-refractivity contribution in [2.75, 3.05) is 29.9 Å². The van der Waals surface area contributed by atoms with Gasteiger partial charge in [0.1, 0.15) is 5.38 Å². The summed E-state index contributed by atoms with van der Waals surface area (Å²) >= 11 is 5.68. The number of aliphatic hydroxyl groups is 1. The maximum atomic E-state index is 11.4. The SMILES string of the molecule is CCN(CCO)c1ccc(NC(=O)C(C)Cl)cc1. The van der Waals surface area contributed by atoms with Gasteiger partial charge in [-0.15, -0.1) is 11.6 Å². The molecule has 5 heteroatoms. The molecule has 0 aliphatic heterocycles. The first kappa shape index (κ1) is 14.8. The van der Waals surface area contributed by atoms with Gasteiger partial charge in [-0.2, -0.15) is 0 Å². The Kier molecular flexibility index (Phi) is 5.95. The third-order valence-corrected chi connectivity index (χ3v) is 2.81. The number of hydrogen-bond donors (Lipinski definition) is 2. The summed E-state index contributed by atoms with van der Waals surface area (Å²) in [6.07, 6.45) is 0. The molecule has 0 saturated carbocycles. The molecule has 0 radical (unpaired) electrons. The Morgan fingerprint density at radius 1 is 1.44 bits per heavy atom. The molecule has 1 aromatic carbocycles. The lowest BCUT2D eigenvalue weighted by Crippen LogP contribution is -2.26. The van der Waals surface area contributed by atoms with Crippen LogP contribution in [0.25, 0.3) is 0 Å². The molecule has 1 amide bonds. The molecule has 1 atom stereocenters. The average molecular weight is 271 g/mol. The predicted molar refractivity (Wildman–Crippen MR) is 75.4 cm³/mol. The van der Waals surface area contributed by atoms with Crippen LogP contribution in [0.5, 0.6) is 0 Å². The Morgan fingerprint density at radius 2 is 2.06 bits per heavy atom. The number of rotatable bonds is 6. The van der Waals surface area contributed by atoms with E-state index in [1.807, 2.05) is 31.2 Å². The molecule has 0 fully saturated rings. The Hall–Kier alpha value is -1.26. The van der Waals surface area contributed by atoms with E-state index in [1.165, 1.54) is 0 Å². The third kappa shape index (κ3) is 4.20. The van der Waals surface area contributed by atoms with E-state index in [4.69, 9.17) is 16.7 Å². The van der Waals surface area contributed by atoms with Crippen LogP contribution in [0.3, 0.4) is 0 Å². The Labute approximate surface area is 113 Å². The van der Waals surface area contributed by atoms with Crippen LogP contribution in [0.4, 0.5) is 11.4 Å². The number of hydrogen-bond acceptors (Lipinski definition) is 3. The van der Waals surface area contributed by atoms with Crippen molar-refractivity contribution in [2.45, 2.75) is 19.2 Å². The molecule has 4 nitrogen and oxygen atoms in total. The predicted octanol–water partition coefficient (Wildman–Crippen LogP) is 2.07. The molecule has 18 heavy (non-hydrogen) atoms. The van der Waals surface area contributed by atoms with Crippen molar-refractivity contribution in [3.05, 3.63) is 24.3 Å². The molecule has 0 saturated heterocycles. The van der Waals surface area contributed by atoms with Crippen molar-refractivity contribution in [1.82, 2.24) is 0 Å². The van der Waals surface area contributed by atoms with Crippen molar-refractivity contribution < 1.29 is 9.90 Å². The first-order chi connectivity index (χ1) is 8.58. The minimum absolute atomic E-state index is 0.121. The zero-order chi connectivity index (χ0) is 13.5. The lowest BCUT2D eigenvalue weighted by atomic mass is 10.2. The number of aliphatic hydroxyl groups excluding tert-OH is 1. The zero-order valence-electron chi connectivity index (χ0n) is 10.7. The number of amides is 1. The molecule has 2 N–H and O–H groups in total. The first-order valence-corrected chi connectivity index (χ1v) is 6.43. The fourth-order valence-electron chi connectivity index (χ4n) is 1.59. The number of carbonyl (C=O) groups excluding carboxylic acids is 1. The zero-order valence-corrected chi connectivity index (χ0v) is 11.4. The van der Waals surface area contributed by atoms with E-state index in [2.05, 4.69) is 10.2 Å². The fraction of sp³-hybridized carbons (Fsp3) is 0.462. The number of nitrogens with zero attached hydrogens (tertiary/aromatic N) is 1. The highest BCUT2D eigenvalue weighted by atomic mass is 35.5. The molecule has 0 aliphatic carbocycles. The van der Waals surface area contributed by atoms with Gasteiger partial charge in [0.05, 0.1) is 6.61 Å². The molecule has 1 unspecified atom stereocenters. The molecule has 1 aromatic rings. The van der Waals surface area contributed by atoms with E-state index < -0.39 is 5.38 Å². The van der Waals surface area contributed by atoms with E-state index in [0.29, 0.717) is 6.54 Å². The van der Waals surface area contributed by atoms with Gasteiger partial charge in [0.15, 0.2) is 0 Å². The summed E-state index contributed by atoms with van der Waals surface area (Å²) in [7, 11) is 0. The number of alkyl halides is 1. The number of anilines is 2. The second kappa shape index (κ2) is 7.24. The summed E-state index contributed by atoms with van der Waals surface area (Å²) in [5, 5.41) is 11.1. The number of halogens is 1. The second-order valence-electron chi connectivity index (χ2n) is 3.96. The molecule has 0 aliphatic rings. The smallest absolute Gasteiger partial charge is 0.242 e. The number of benzene rings is 1. The minimum Gasteiger partial charge on any atom is -0.395 e. The highest BCUT2D eigenvalue weighted by molar-refractivity contribution is 6.32. The van der Waals surface area contributed by atoms with E-state index in [0.717, 1.165) is 17.9 Å². The third-order valence-electron chi connectivity index (χ3n) is 2.61. The fourth-order valence-corrected chi connectivity index (χ4v) is 1.64. The first-order valence-electron chi connectivity index (χ1n) is 5.99. The largest absolute Gasteiger partial charge is 0.395 e. The maximum Gasteiger partial charge on any atom is 0.242 e. The molecule has 0 spiro atoms. The second-order valence-corrected chi connectivity index (χ2v) is 4.61. The van der Waals surface area contributed by atoms with Crippen LogP contribution in [0.1, 0.15) is 13.8 Å². The van der Waals surface area contributed by atoms with Crippen molar-refractivity contribution in [1.29, 1.82) is 0 Å². The molecule has 100 valence electrons. The summed E-state index contributed by atoms with van der Waals surface area (Å²) in [4.78, 5) is 13.5. The van der Waals surface area contributed by atoms with E-state index in [1.54, 1.807) is 6.92 Å². The van der Waals surface area contributed by atoms with Crippen LogP contribution in [0, 0.1) is 0 Å². The van der Waals surface area contributed by atoms with Gasteiger partial charge in [-0.05, 0) is 38.1 Å². The Morgan fingerprint density at radius 3 is 2.50 bits per heavy atom. The number of likely N-dealkylation sites (N-methyl/N-ethyl adjacent to an activating group) is 1. The molecular formula is C13H19ClN2O2. The van der Waals surface area contributed by atoms with Gasteiger partial charge in [0.25, 0.3) is 0 Å². The van der Waals surface area contributed by atoms with E-state index in [-0.39, 0.29) is 12.5 Å². The van der Waals surface area contributed by atoms with E-state index >= 15 is 0 Å². The summed E-state index contributed by atoms with van der Waals surface area (Å²) < 4.78 is 0. The van der Waals surface area contributed by atoms with Crippen molar-refractivity contribution >= 4 is 28.9 Å². The molecule has 0 bridgehead atoms. The summed E-state index contributed by atoms with van der Waals surface area (Å²) in [5.41, 5.74) is 1.74. The highest BCUT2D eigenvalue weighted by Crippen LogP contribution is 2.18. The van der Waals surface area contributed by atoms with Crippen LogP contribution in [-0.4, -0.2) is 36.1 Å². The van der Waals surface area contributed by atoms with Crippen LogP contribution in [0.2, 0.25) is 0 Å². The van der Waals surface area contributed by atoms with Gasteiger partial charge in [-0.3, -0.25) is 4.79 Å². The van der Waals surface area contributed by atoms with Gasteiger partial charge < -0.3 is 15.3 Å². The lowest BCUT2D eigenvalue weighted by molar-refractivity contribution is -0.115. The minimum atomic E-state index is -0.550. The van der Waals surface area contributed by atoms with Crippen LogP contribution >= 0.6 is 11.6 Å². The molecule has 0 heterocycles. The van der Waals surface area contributed by atoms with Gasteiger partial charge in [0, 0.05) is 24.5 Å². The Balaban J connectivity index is 2.70. The van der Waals surface area contributed by atoms with Crippen LogP contribution < -0.4 is 10.2 Å². The van der Waals surface area contributed by atoms with Crippen molar-refractivity contribution in [3.8, 4) is 0 Å². The maximum absolute atomic E-state index is 11.4. The number of carbonyl (C=O) groups is 1. The standard InChI is InChI=1S/C13H19ClN2O2/c1-3-16(8-9-17)12-6-4-11(5-7-12)15-13(18)10(2)14/h4-7,10,17H,3,8-9H2,1-2H3,(H,15,18). The molecule has 0 aromatic heterocycles. The Bertz CT molecular complexity index is 379. The van der Waals surface area contributed by atoms with Crippen LogP contribution in [-0.2, 0) is 4.79 Å². The quantitative estimate of drug-likeness (QED) is 0.778. The van der Waals surface area contributed by atoms with Crippen molar-refractivity contribution in [2.24, 2.45) is 0 Å². The van der Waals surface area contributed by atoms with Crippen molar-refractivity contribution in [3.63, 3.8) is 0 Å². The van der Waals surface area contributed by atoms with E-state index in [9.17, 15) is 4.79 Å². The van der Waals surface area contributed by atoms with Gasteiger partial charge >= 0.3 is 0 Å². The van der Waals surface area contributed by atoms with Gasteiger partial charge in [-0.1, -0.05) is 0 Å². The average Bonchev–Trinajstić information content (AvgIpc) is 2.37. The summed E-state index contributed by atoms with van der Waals surface area (Å²) in [6, 6.07) is 7.47. The number of nitrogens with one attached hydrogen (secondary N) is 1. The summed E-state index contributed by atoms with van der Waals surface area (Å²) in [5.74, 6) is -0.216. The highest BCUT2D eigenvalue weighted by Gasteiger charge is 2.09.